The highest BCUT2D eigenvalue weighted by Crippen LogP contribution is 1.95. The van der Waals surface area contributed by atoms with Gasteiger partial charge in [-0.05, 0) is 17.7 Å². The molecule has 0 aliphatic rings. The molecule has 0 unspecified atom stereocenters. The summed E-state index contributed by atoms with van der Waals surface area (Å²) < 4.78 is 0.849. The third kappa shape index (κ3) is 2.08. The molecule has 0 radical (unpaired) electrons. The Morgan fingerprint density at radius 3 is 2.44 bits per heavy atom. The number of halogens is 2. The van der Waals surface area contributed by atoms with Crippen LogP contribution in [0.1, 0.15) is 0 Å². The summed E-state index contributed by atoms with van der Waals surface area (Å²) in [6, 6.07) is 5.03. The van der Waals surface area contributed by atoms with Gasteiger partial charge in [0.25, 0.3) is 0 Å². The molecule has 0 fully saturated rings. The summed E-state index contributed by atoms with van der Waals surface area (Å²) >= 11 is 5.42. The van der Waals surface area contributed by atoms with Gasteiger partial charge >= 0.3 is 5.15 Å². The van der Waals surface area contributed by atoms with E-state index >= 15 is 0 Å². The third-order valence-electron chi connectivity index (χ3n) is 0.791. The maximum atomic E-state index is 8.70. The highest BCUT2D eigenvalue weighted by molar-refractivity contribution is 6.28. The molecule has 0 aliphatic heterocycles. The Hall–Kier alpha value is -0.470. The van der Waals surface area contributed by atoms with Gasteiger partial charge in [0.05, 0.1) is 0 Å². The first-order valence-corrected chi connectivity index (χ1v) is 2.54. The van der Waals surface area contributed by atoms with Crippen LogP contribution in [0.4, 0.5) is 0 Å². The van der Waals surface area contributed by atoms with Crippen molar-refractivity contribution in [1.29, 1.82) is 0 Å². The lowest BCUT2D eigenvalue weighted by Crippen LogP contribution is -2.29. The van der Waals surface area contributed by atoms with Gasteiger partial charge < -0.3 is 0 Å². The Morgan fingerprint density at radius 1 is 1.44 bits per heavy atom. The average Bonchev–Trinajstić information content (AvgIpc) is 1.77. The molecule has 0 atom stereocenters. The number of hydrogen-bond donors (Lipinski definition) is 1. The zero-order valence-corrected chi connectivity index (χ0v) is 6.06. The monoisotopic (exact) mass is 166 g/mol. The van der Waals surface area contributed by atoms with E-state index in [0.717, 1.165) is 4.73 Å². The quantitative estimate of drug-likeness (QED) is 0.351. The van der Waals surface area contributed by atoms with Gasteiger partial charge in [-0.1, -0.05) is 0 Å². The first-order valence-electron chi connectivity index (χ1n) is 2.16. The van der Waals surface area contributed by atoms with Gasteiger partial charge in [-0.3, -0.25) is 5.21 Å². The standard InChI is InChI=1S/C5H5ClNO.ClH/c6-5-3-1-2-4-7(5)8;/h1-4,8H;1H/q+1;. The Bertz CT molecular complexity index is 171. The van der Waals surface area contributed by atoms with Crippen molar-refractivity contribution in [3.63, 3.8) is 0 Å². The smallest absolute Gasteiger partial charge is 0.284 e. The fourth-order valence-electron chi connectivity index (χ4n) is 0.414. The fourth-order valence-corrected chi connectivity index (χ4v) is 0.543. The largest absolute Gasteiger partial charge is 0.324 e. The Balaban J connectivity index is 0.000000640. The van der Waals surface area contributed by atoms with Crippen LogP contribution in [0.5, 0.6) is 0 Å². The van der Waals surface area contributed by atoms with Crippen LogP contribution >= 0.6 is 24.0 Å². The van der Waals surface area contributed by atoms with Crippen molar-refractivity contribution < 1.29 is 9.94 Å². The zero-order valence-electron chi connectivity index (χ0n) is 4.49. The van der Waals surface area contributed by atoms with E-state index in [1.807, 2.05) is 0 Å². The maximum absolute atomic E-state index is 8.70. The van der Waals surface area contributed by atoms with E-state index in [2.05, 4.69) is 0 Å². The van der Waals surface area contributed by atoms with E-state index < -0.39 is 0 Å². The molecule has 0 amide bonds. The van der Waals surface area contributed by atoms with Gasteiger partial charge in [-0.15, -0.1) is 12.4 Å². The molecule has 0 aromatic carbocycles. The predicted molar refractivity (Wildman–Crippen MR) is 36.1 cm³/mol. The zero-order chi connectivity index (χ0) is 5.98. The number of hydrogen-bond acceptors (Lipinski definition) is 1. The molecule has 1 aromatic heterocycles. The minimum Gasteiger partial charge on any atom is -0.284 e. The summed E-state index contributed by atoms with van der Waals surface area (Å²) in [6.45, 7) is 0. The van der Waals surface area contributed by atoms with E-state index in [-0.39, 0.29) is 12.4 Å². The van der Waals surface area contributed by atoms with Crippen LogP contribution < -0.4 is 4.73 Å². The van der Waals surface area contributed by atoms with Crippen LogP contribution in [0.3, 0.4) is 0 Å². The SMILES string of the molecule is Cl.O[n+]1ccccc1Cl. The van der Waals surface area contributed by atoms with Crippen LogP contribution in [0, 0.1) is 0 Å². The molecule has 2 nitrogen and oxygen atoms in total. The first-order chi connectivity index (χ1) is 3.80. The highest BCUT2D eigenvalue weighted by Gasteiger charge is 1.99. The molecule has 1 N–H and O–H groups in total. The van der Waals surface area contributed by atoms with Crippen LogP contribution in [-0.2, 0) is 0 Å². The molecule has 1 heterocycles. The van der Waals surface area contributed by atoms with Crippen molar-refractivity contribution in [3.05, 3.63) is 29.5 Å². The van der Waals surface area contributed by atoms with E-state index in [9.17, 15) is 0 Å². The molecule has 50 valence electrons. The predicted octanol–water partition coefficient (Wildman–Crippen LogP) is 1.29. The topological polar surface area (TPSA) is 24.1 Å². The fraction of sp³-hybridized carbons (Fsp3) is 0. The minimum atomic E-state index is 0. The molecule has 1 rings (SSSR count). The summed E-state index contributed by atoms with van der Waals surface area (Å²) in [4.78, 5) is 0. The van der Waals surface area contributed by atoms with Gasteiger partial charge in [0.1, 0.15) is 0 Å². The Morgan fingerprint density at radius 2 is 2.11 bits per heavy atom. The lowest BCUT2D eigenvalue weighted by molar-refractivity contribution is -0.903. The molecule has 0 spiro atoms. The van der Waals surface area contributed by atoms with E-state index in [4.69, 9.17) is 16.8 Å². The third-order valence-corrected chi connectivity index (χ3v) is 1.09. The lowest BCUT2D eigenvalue weighted by atomic mass is 10.5. The minimum absolute atomic E-state index is 0. The number of aromatic nitrogens is 1. The van der Waals surface area contributed by atoms with E-state index in [0.29, 0.717) is 5.15 Å². The van der Waals surface area contributed by atoms with Crippen molar-refractivity contribution in [1.82, 2.24) is 0 Å². The van der Waals surface area contributed by atoms with Gasteiger partial charge in [0, 0.05) is 16.9 Å². The highest BCUT2D eigenvalue weighted by atomic mass is 35.5. The maximum Gasteiger partial charge on any atom is 0.324 e. The van der Waals surface area contributed by atoms with Crippen LogP contribution in [-0.4, -0.2) is 5.21 Å². The average molecular weight is 167 g/mol. The summed E-state index contributed by atoms with van der Waals surface area (Å²) in [7, 11) is 0. The van der Waals surface area contributed by atoms with Crippen molar-refractivity contribution in [2.75, 3.05) is 0 Å². The van der Waals surface area contributed by atoms with E-state index in [1.165, 1.54) is 6.20 Å². The van der Waals surface area contributed by atoms with Crippen molar-refractivity contribution in [2.24, 2.45) is 0 Å². The van der Waals surface area contributed by atoms with Crippen molar-refractivity contribution in [2.45, 2.75) is 0 Å². The molecule has 1 aromatic rings. The Kier molecular flexibility index (Phi) is 3.35. The molecule has 0 saturated carbocycles. The van der Waals surface area contributed by atoms with E-state index in [1.54, 1.807) is 18.2 Å². The second kappa shape index (κ2) is 3.54. The molecule has 0 bridgehead atoms. The number of pyridine rings is 1. The molecular weight excluding hydrogens is 161 g/mol. The van der Waals surface area contributed by atoms with Gasteiger partial charge in [-0.2, -0.15) is 0 Å². The second-order valence-corrected chi connectivity index (χ2v) is 1.76. The second-order valence-electron chi connectivity index (χ2n) is 1.37. The Labute approximate surface area is 64.1 Å². The van der Waals surface area contributed by atoms with Crippen LogP contribution in [0.2, 0.25) is 5.15 Å². The summed E-state index contributed by atoms with van der Waals surface area (Å²) in [5, 5.41) is 9.02. The number of rotatable bonds is 0. The molecule has 0 saturated heterocycles. The molecule has 0 aliphatic carbocycles. The number of nitrogens with zero attached hydrogens (tertiary/aromatic N) is 1. The van der Waals surface area contributed by atoms with Gasteiger partial charge in [0.15, 0.2) is 0 Å². The molecular formula is C5H6Cl2NO+. The van der Waals surface area contributed by atoms with Gasteiger partial charge in [0.2, 0.25) is 6.20 Å². The lowest BCUT2D eigenvalue weighted by Gasteiger charge is -1.80. The van der Waals surface area contributed by atoms with Gasteiger partial charge in [-0.25, -0.2) is 0 Å². The summed E-state index contributed by atoms with van der Waals surface area (Å²) in [5.74, 6) is 0. The first kappa shape index (κ1) is 8.53. The van der Waals surface area contributed by atoms with Crippen molar-refractivity contribution >= 4 is 24.0 Å². The van der Waals surface area contributed by atoms with Crippen LogP contribution in [0.25, 0.3) is 0 Å². The summed E-state index contributed by atoms with van der Waals surface area (Å²) in [6.07, 6.45) is 1.46. The normalized spacial score (nSPS) is 8.11. The summed E-state index contributed by atoms with van der Waals surface area (Å²) in [5.41, 5.74) is 0. The van der Waals surface area contributed by atoms with Crippen LogP contribution in [0.15, 0.2) is 24.4 Å². The van der Waals surface area contributed by atoms with Crippen molar-refractivity contribution in [3.8, 4) is 0 Å². The molecule has 4 heteroatoms. The molecule has 9 heavy (non-hydrogen) atoms.